The average molecular weight is 276 g/mol. The van der Waals surface area contributed by atoms with Gasteiger partial charge in [0.25, 0.3) is 0 Å². The van der Waals surface area contributed by atoms with Gasteiger partial charge in [0, 0.05) is 18.8 Å². The van der Waals surface area contributed by atoms with Crippen LogP contribution in [0.3, 0.4) is 0 Å². The molecular weight excluding hydrogens is 252 g/mol. The lowest BCUT2D eigenvalue weighted by atomic mass is 10.1. The first-order valence-corrected chi connectivity index (χ1v) is 7.41. The summed E-state index contributed by atoms with van der Waals surface area (Å²) in [5.74, 6) is 0. The van der Waals surface area contributed by atoms with Crippen molar-refractivity contribution in [3.63, 3.8) is 0 Å². The molecule has 0 radical (unpaired) electrons. The third kappa shape index (κ3) is 3.31. The number of urea groups is 1. The van der Waals surface area contributed by atoms with Gasteiger partial charge >= 0.3 is 6.03 Å². The molecular formula is C16H24N2O2. The second-order valence-corrected chi connectivity index (χ2v) is 5.24. The molecule has 2 rings (SSSR count). The Morgan fingerprint density at radius 1 is 1.45 bits per heavy atom. The minimum absolute atomic E-state index is 0.0178. The van der Waals surface area contributed by atoms with E-state index < -0.39 is 0 Å². The van der Waals surface area contributed by atoms with Crippen LogP contribution in [0.25, 0.3) is 0 Å². The molecule has 0 aliphatic carbocycles. The van der Waals surface area contributed by atoms with Crippen molar-refractivity contribution in [2.45, 2.75) is 39.7 Å². The summed E-state index contributed by atoms with van der Waals surface area (Å²) in [5, 5.41) is 3.08. The quantitative estimate of drug-likeness (QED) is 0.921. The van der Waals surface area contributed by atoms with Gasteiger partial charge in [-0.15, -0.1) is 0 Å². The van der Waals surface area contributed by atoms with Crippen molar-refractivity contribution in [2.24, 2.45) is 0 Å². The first kappa shape index (κ1) is 14.9. The van der Waals surface area contributed by atoms with E-state index in [1.807, 2.05) is 24.0 Å². The van der Waals surface area contributed by atoms with E-state index in [1.54, 1.807) is 0 Å². The normalized spacial score (nSPS) is 18.9. The van der Waals surface area contributed by atoms with Crippen LogP contribution in [-0.2, 0) is 11.2 Å². The van der Waals surface area contributed by atoms with Gasteiger partial charge in [0.2, 0.25) is 0 Å². The number of amides is 2. The van der Waals surface area contributed by atoms with Crippen LogP contribution in [0.15, 0.2) is 18.2 Å². The number of para-hydroxylation sites is 1. The topological polar surface area (TPSA) is 41.6 Å². The lowest BCUT2D eigenvalue weighted by molar-refractivity contribution is -0.0134. The van der Waals surface area contributed by atoms with Crippen molar-refractivity contribution in [1.29, 1.82) is 0 Å². The number of nitrogens with zero attached hydrogens (tertiary/aromatic N) is 1. The second-order valence-electron chi connectivity index (χ2n) is 5.24. The summed E-state index contributed by atoms with van der Waals surface area (Å²) in [6.45, 7) is 8.18. The van der Waals surface area contributed by atoms with Crippen molar-refractivity contribution in [1.82, 2.24) is 4.90 Å². The number of rotatable bonds is 3. The fourth-order valence-corrected chi connectivity index (χ4v) is 2.54. The zero-order chi connectivity index (χ0) is 14.5. The number of ether oxygens (including phenoxy) is 1. The van der Waals surface area contributed by atoms with Crippen LogP contribution in [0.4, 0.5) is 10.5 Å². The average Bonchev–Trinajstić information content (AvgIpc) is 2.49. The number of carbonyl (C=O) groups excluding carboxylic acids is 1. The van der Waals surface area contributed by atoms with Gasteiger partial charge in [-0.3, -0.25) is 0 Å². The number of anilines is 1. The Bertz CT molecular complexity index is 474. The summed E-state index contributed by atoms with van der Waals surface area (Å²) in [6, 6.07) is 6.11. The number of hydrogen-bond donors (Lipinski definition) is 1. The first-order chi connectivity index (χ1) is 9.65. The first-order valence-electron chi connectivity index (χ1n) is 7.41. The van der Waals surface area contributed by atoms with Crippen LogP contribution < -0.4 is 5.32 Å². The fraction of sp³-hybridized carbons (Fsp3) is 0.562. The summed E-state index contributed by atoms with van der Waals surface area (Å²) in [4.78, 5) is 14.3. The van der Waals surface area contributed by atoms with Gasteiger partial charge in [0.15, 0.2) is 0 Å². The highest BCUT2D eigenvalue weighted by Crippen LogP contribution is 2.22. The molecule has 0 spiro atoms. The molecule has 1 fully saturated rings. The molecule has 1 atom stereocenters. The molecule has 0 saturated carbocycles. The van der Waals surface area contributed by atoms with Crippen molar-refractivity contribution in [3.05, 3.63) is 29.3 Å². The van der Waals surface area contributed by atoms with Crippen LogP contribution in [0, 0.1) is 6.92 Å². The molecule has 20 heavy (non-hydrogen) atoms. The zero-order valence-electron chi connectivity index (χ0n) is 12.6. The van der Waals surface area contributed by atoms with E-state index in [4.69, 9.17) is 4.74 Å². The predicted molar refractivity (Wildman–Crippen MR) is 81.2 cm³/mol. The summed E-state index contributed by atoms with van der Waals surface area (Å²) in [7, 11) is 0. The van der Waals surface area contributed by atoms with E-state index in [1.165, 1.54) is 5.56 Å². The molecule has 110 valence electrons. The van der Waals surface area contributed by atoms with Crippen LogP contribution in [0.5, 0.6) is 0 Å². The SMILES string of the molecule is CCc1cccc(C)c1NC(=O)N1CCO[C@H](CC)C1. The van der Waals surface area contributed by atoms with E-state index in [-0.39, 0.29) is 12.1 Å². The van der Waals surface area contributed by atoms with Gasteiger partial charge in [-0.05, 0) is 30.9 Å². The molecule has 1 aromatic rings. The summed E-state index contributed by atoms with van der Waals surface area (Å²) < 4.78 is 5.60. The fourth-order valence-electron chi connectivity index (χ4n) is 2.54. The molecule has 0 aromatic heterocycles. The van der Waals surface area contributed by atoms with E-state index >= 15 is 0 Å². The third-order valence-corrected chi connectivity index (χ3v) is 3.85. The minimum atomic E-state index is -0.0178. The molecule has 4 nitrogen and oxygen atoms in total. The summed E-state index contributed by atoms with van der Waals surface area (Å²) in [6.07, 6.45) is 2.02. The molecule has 2 amide bonds. The maximum Gasteiger partial charge on any atom is 0.322 e. The maximum atomic E-state index is 12.4. The molecule has 1 saturated heterocycles. The van der Waals surface area contributed by atoms with Crippen LogP contribution in [0.1, 0.15) is 31.4 Å². The monoisotopic (exact) mass is 276 g/mol. The highest BCUT2D eigenvalue weighted by molar-refractivity contribution is 5.91. The maximum absolute atomic E-state index is 12.4. The highest BCUT2D eigenvalue weighted by atomic mass is 16.5. The van der Waals surface area contributed by atoms with Gasteiger partial charge in [0.05, 0.1) is 12.7 Å². The van der Waals surface area contributed by atoms with Crippen molar-refractivity contribution >= 4 is 11.7 Å². The number of benzene rings is 1. The van der Waals surface area contributed by atoms with E-state index in [2.05, 4.69) is 25.2 Å². The van der Waals surface area contributed by atoms with E-state index in [0.717, 1.165) is 24.1 Å². The van der Waals surface area contributed by atoms with Gasteiger partial charge < -0.3 is 15.0 Å². The number of aryl methyl sites for hydroxylation is 2. The Morgan fingerprint density at radius 3 is 2.95 bits per heavy atom. The van der Waals surface area contributed by atoms with E-state index in [9.17, 15) is 4.79 Å². The van der Waals surface area contributed by atoms with Crippen molar-refractivity contribution in [3.8, 4) is 0 Å². The Morgan fingerprint density at radius 2 is 2.25 bits per heavy atom. The second kappa shape index (κ2) is 6.75. The van der Waals surface area contributed by atoms with Crippen molar-refractivity contribution in [2.75, 3.05) is 25.0 Å². The molecule has 1 aliphatic heterocycles. The molecule has 0 unspecified atom stereocenters. The van der Waals surface area contributed by atoms with Crippen LogP contribution in [-0.4, -0.2) is 36.7 Å². The van der Waals surface area contributed by atoms with Crippen LogP contribution >= 0.6 is 0 Å². The number of hydrogen-bond acceptors (Lipinski definition) is 2. The summed E-state index contributed by atoms with van der Waals surface area (Å²) in [5.41, 5.74) is 3.25. The number of carbonyl (C=O) groups is 1. The lowest BCUT2D eigenvalue weighted by Crippen LogP contribution is -2.47. The lowest BCUT2D eigenvalue weighted by Gasteiger charge is -2.32. The standard InChI is InChI=1S/C16H24N2O2/c1-4-13-8-6-7-12(3)15(13)17-16(19)18-9-10-20-14(5-2)11-18/h6-8,14H,4-5,9-11H2,1-3H3,(H,17,19)/t14-/m1/s1. The highest BCUT2D eigenvalue weighted by Gasteiger charge is 2.23. The Kier molecular flexibility index (Phi) is 5.01. The smallest absolute Gasteiger partial charge is 0.322 e. The zero-order valence-corrected chi connectivity index (χ0v) is 12.6. The van der Waals surface area contributed by atoms with Gasteiger partial charge in [-0.1, -0.05) is 32.0 Å². The van der Waals surface area contributed by atoms with E-state index in [0.29, 0.717) is 19.7 Å². The molecule has 1 N–H and O–H groups in total. The molecule has 1 aliphatic rings. The Balaban J connectivity index is 2.08. The molecule has 4 heteroatoms. The van der Waals surface area contributed by atoms with Gasteiger partial charge in [-0.2, -0.15) is 0 Å². The minimum Gasteiger partial charge on any atom is -0.375 e. The number of nitrogens with one attached hydrogen (secondary N) is 1. The Labute approximate surface area is 121 Å². The third-order valence-electron chi connectivity index (χ3n) is 3.85. The van der Waals surface area contributed by atoms with Gasteiger partial charge in [-0.25, -0.2) is 4.79 Å². The number of morpholine rings is 1. The Hall–Kier alpha value is -1.55. The predicted octanol–water partition coefficient (Wildman–Crippen LogP) is 3.20. The van der Waals surface area contributed by atoms with Crippen LogP contribution in [0.2, 0.25) is 0 Å². The molecule has 1 heterocycles. The summed E-state index contributed by atoms with van der Waals surface area (Å²) >= 11 is 0. The molecule has 0 bridgehead atoms. The molecule has 1 aromatic carbocycles. The van der Waals surface area contributed by atoms with Crippen molar-refractivity contribution < 1.29 is 9.53 Å². The largest absolute Gasteiger partial charge is 0.375 e. The van der Waals surface area contributed by atoms with Gasteiger partial charge in [0.1, 0.15) is 0 Å².